The van der Waals surface area contributed by atoms with E-state index in [1.54, 1.807) is 0 Å². The van der Waals surface area contributed by atoms with Crippen LogP contribution in [-0.2, 0) is 0 Å². The van der Waals surface area contributed by atoms with Crippen molar-refractivity contribution in [1.82, 2.24) is 4.57 Å². The van der Waals surface area contributed by atoms with Crippen molar-refractivity contribution in [2.24, 2.45) is 0 Å². The number of aromatic nitrogens is 1. The smallest absolute Gasteiger partial charge is 0.0547 e. The van der Waals surface area contributed by atoms with E-state index < -0.39 is 0 Å². The lowest BCUT2D eigenvalue weighted by Gasteiger charge is -2.15. The summed E-state index contributed by atoms with van der Waals surface area (Å²) in [6.45, 7) is 0. The average molecular weight is 546 g/mol. The Bertz CT molecular complexity index is 2460. The molecule has 0 bridgehead atoms. The van der Waals surface area contributed by atoms with Crippen LogP contribution in [0.1, 0.15) is 0 Å². The van der Waals surface area contributed by atoms with Gasteiger partial charge in [-0.05, 0) is 84.9 Å². The van der Waals surface area contributed by atoms with Gasteiger partial charge in [-0.25, -0.2) is 0 Å². The van der Waals surface area contributed by atoms with Crippen LogP contribution in [0.15, 0.2) is 164 Å². The fraction of sp³-hybridized carbons (Fsp3) is 0. The van der Waals surface area contributed by atoms with Crippen molar-refractivity contribution in [2.45, 2.75) is 0 Å². The van der Waals surface area contributed by atoms with Crippen LogP contribution in [0.25, 0.3) is 82.1 Å². The fourth-order valence-electron chi connectivity index (χ4n) is 7.06. The van der Waals surface area contributed by atoms with Crippen LogP contribution in [0.4, 0.5) is 0 Å². The highest BCUT2D eigenvalue weighted by atomic mass is 15.0. The van der Waals surface area contributed by atoms with Gasteiger partial charge in [0.15, 0.2) is 0 Å². The minimum absolute atomic E-state index is 1.17. The third-order valence-corrected chi connectivity index (χ3v) is 8.98. The van der Waals surface area contributed by atoms with E-state index >= 15 is 0 Å². The Morgan fingerprint density at radius 1 is 0.279 bits per heavy atom. The maximum absolute atomic E-state index is 2.39. The van der Waals surface area contributed by atoms with E-state index in [2.05, 4.69) is 168 Å². The summed E-state index contributed by atoms with van der Waals surface area (Å²) in [5.41, 5.74) is 8.53. The summed E-state index contributed by atoms with van der Waals surface area (Å²) in [5.74, 6) is 0. The molecule has 1 heteroatoms. The lowest BCUT2D eigenvalue weighted by atomic mass is 9.89. The molecule has 0 aliphatic rings. The van der Waals surface area contributed by atoms with Crippen LogP contribution in [-0.4, -0.2) is 4.57 Å². The number of hydrogen-bond donors (Lipinski definition) is 0. The van der Waals surface area contributed by atoms with Crippen LogP contribution in [0, 0.1) is 0 Å². The molecule has 0 atom stereocenters. The Kier molecular flexibility index (Phi) is 5.27. The molecule has 43 heavy (non-hydrogen) atoms. The first kappa shape index (κ1) is 24.0. The number of hydrogen-bond acceptors (Lipinski definition) is 0. The molecule has 0 amide bonds. The predicted molar refractivity (Wildman–Crippen MR) is 184 cm³/mol. The van der Waals surface area contributed by atoms with Gasteiger partial charge in [0.2, 0.25) is 0 Å². The van der Waals surface area contributed by atoms with Crippen molar-refractivity contribution in [3.8, 4) is 27.9 Å². The molecule has 8 aromatic carbocycles. The van der Waals surface area contributed by atoms with E-state index in [0.717, 1.165) is 0 Å². The second kappa shape index (κ2) is 9.44. The van der Waals surface area contributed by atoms with Crippen LogP contribution in [0.3, 0.4) is 0 Å². The molecule has 1 aromatic heterocycles. The summed E-state index contributed by atoms with van der Waals surface area (Å²) in [4.78, 5) is 0. The molecule has 1 heterocycles. The fourth-order valence-corrected chi connectivity index (χ4v) is 7.06. The summed E-state index contributed by atoms with van der Waals surface area (Å²) in [6.07, 6.45) is 0. The van der Waals surface area contributed by atoms with Gasteiger partial charge in [0.05, 0.1) is 11.0 Å². The largest absolute Gasteiger partial charge is 0.309 e. The SMILES string of the molecule is c1ccc(-n2c3ccccc3c3ccc(-c4ccccc4-c4ccc5c6ccccc6c6ccccc6c5c4)cc32)cc1. The highest BCUT2D eigenvalue weighted by Crippen LogP contribution is 2.41. The van der Waals surface area contributed by atoms with Crippen LogP contribution in [0.5, 0.6) is 0 Å². The average Bonchev–Trinajstić information content (AvgIpc) is 3.42. The Morgan fingerprint density at radius 2 is 0.721 bits per heavy atom. The van der Waals surface area contributed by atoms with Crippen molar-refractivity contribution in [2.75, 3.05) is 0 Å². The van der Waals surface area contributed by atoms with Crippen molar-refractivity contribution in [3.05, 3.63) is 164 Å². The van der Waals surface area contributed by atoms with Gasteiger partial charge in [-0.3, -0.25) is 0 Å². The van der Waals surface area contributed by atoms with E-state index in [-0.39, 0.29) is 0 Å². The number of rotatable bonds is 3. The zero-order chi connectivity index (χ0) is 28.3. The zero-order valence-electron chi connectivity index (χ0n) is 23.5. The molecule has 0 fully saturated rings. The van der Waals surface area contributed by atoms with Gasteiger partial charge in [-0.15, -0.1) is 0 Å². The van der Waals surface area contributed by atoms with Crippen LogP contribution < -0.4 is 0 Å². The molecule has 1 nitrogen and oxygen atoms in total. The summed E-state index contributed by atoms with van der Waals surface area (Å²) < 4.78 is 2.39. The van der Waals surface area contributed by atoms with Gasteiger partial charge < -0.3 is 4.57 Å². The Balaban J connectivity index is 1.29. The molecule has 0 saturated carbocycles. The van der Waals surface area contributed by atoms with Crippen molar-refractivity contribution in [3.63, 3.8) is 0 Å². The summed E-state index contributed by atoms with van der Waals surface area (Å²) >= 11 is 0. The Hall–Kier alpha value is -5.66. The predicted octanol–water partition coefficient (Wildman–Crippen LogP) is 11.6. The first-order chi connectivity index (χ1) is 21.3. The van der Waals surface area contributed by atoms with E-state index in [9.17, 15) is 0 Å². The molecule has 9 aromatic rings. The van der Waals surface area contributed by atoms with Gasteiger partial charge in [0.25, 0.3) is 0 Å². The second-order valence-corrected chi connectivity index (χ2v) is 11.3. The van der Waals surface area contributed by atoms with E-state index in [1.807, 2.05) is 0 Å². The quantitative estimate of drug-likeness (QED) is 0.195. The minimum atomic E-state index is 1.17. The van der Waals surface area contributed by atoms with Gasteiger partial charge >= 0.3 is 0 Å². The molecule has 0 aliphatic carbocycles. The maximum atomic E-state index is 2.39. The van der Waals surface area contributed by atoms with Gasteiger partial charge in [0.1, 0.15) is 0 Å². The molecule has 0 unspecified atom stereocenters. The van der Waals surface area contributed by atoms with Gasteiger partial charge in [0, 0.05) is 16.5 Å². The molecule has 0 aliphatic heterocycles. The molecular formula is C42H27N. The van der Waals surface area contributed by atoms with Crippen molar-refractivity contribution < 1.29 is 0 Å². The second-order valence-electron chi connectivity index (χ2n) is 11.3. The lowest BCUT2D eigenvalue weighted by Crippen LogP contribution is -1.93. The first-order valence-corrected chi connectivity index (χ1v) is 14.9. The van der Waals surface area contributed by atoms with Crippen molar-refractivity contribution >= 4 is 54.1 Å². The number of fused-ring (bicyclic) bond motifs is 9. The van der Waals surface area contributed by atoms with Crippen LogP contribution in [0.2, 0.25) is 0 Å². The summed E-state index contributed by atoms with van der Waals surface area (Å²) in [5, 5.41) is 10.3. The third-order valence-electron chi connectivity index (χ3n) is 8.98. The monoisotopic (exact) mass is 545 g/mol. The molecule has 200 valence electrons. The minimum Gasteiger partial charge on any atom is -0.309 e. The third kappa shape index (κ3) is 3.65. The lowest BCUT2D eigenvalue weighted by molar-refractivity contribution is 1.18. The summed E-state index contributed by atoms with van der Waals surface area (Å²) in [6, 6.07) is 59.7. The molecule has 0 spiro atoms. The topological polar surface area (TPSA) is 4.93 Å². The normalized spacial score (nSPS) is 11.7. The highest BCUT2D eigenvalue weighted by Gasteiger charge is 2.15. The number of benzene rings is 8. The molecule has 0 saturated heterocycles. The maximum Gasteiger partial charge on any atom is 0.0547 e. The summed E-state index contributed by atoms with van der Waals surface area (Å²) in [7, 11) is 0. The Labute approximate surface area is 249 Å². The first-order valence-electron chi connectivity index (χ1n) is 14.9. The van der Waals surface area contributed by atoms with Crippen molar-refractivity contribution in [1.29, 1.82) is 0 Å². The molecular weight excluding hydrogens is 518 g/mol. The van der Waals surface area contributed by atoms with Crippen LogP contribution >= 0.6 is 0 Å². The zero-order valence-corrected chi connectivity index (χ0v) is 23.5. The van der Waals surface area contributed by atoms with E-state index in [0.29, 0.717) is 0 Å². The Morgan fingerprint density at radius 3 is 1.37 bits per heavy atom. The molecule has 0 N–H and O–H groups in total. The van der Waals surface area contributed by atoms with E-state index in [1.165, 1.54) is 82.1 Å². The van der Waals surface area contributed by atoms with Gasteiger partial charge in [-0.2, -0.15) is 0 Å². The number of para-hydroxylation sites is 2. The molecule has 0 radical (unpaired) electrons. The highest BCUT2D eigenvalue weighted by molar-refractivity contribution is 6.25. The van der Waals surface area contributed by atoms with Gasteiger partial charge in [-0.1, -0.05) is 133 Å². The standard InChI is InChI=1S/C42H27N/c1-2-12-30(13-3-1)43-41-21-11-10-20-38(41)39-25-23-29(27-42(39)43)32-15-5-4-14-31(32)28-22-24-37-35-18-7-6-16-33(35)34-17-8-9-19-36(34)40(37)26-28/h1-27H. The molecule has 9 rings (SSSR count). The van der Waals surface area contributed by atoms with E-state index in [4.69, 9.17) is 0 Å². The number of nitrogens with zero attached hydrogens (tertiary/aromatic N) is 1.